The summed E-state index contributed by atoms with van der Waals surface area (Å²) in [6.07, 6.45) is 5.67. The van der Waals surface area contributed by atoms with Crippen molar-refractivity contribution in [3.05, 3.63) is 46.5 Å². The van der Waals surface area contributed by atoms with Gasteiger partial charge in [0, 0.05) is 36.5 Å². The fraction of sp³-hybridized carbons (Fsp3) is 0.421. The van der Waals surface area contributed by atoms with E-state index in [1.807, 2.05) is 18.2 Å². The smallest absolute Gasteiger partial charge is 0.245 e. The Kier molecular flexibility index (Phi) is 4.22. The van der Waals surface area contributed by atoms with E-state index in [0.29, 0.717) is 35.3 Å². The Balaban J connectivity index is 1.36. The molecule has 27 heavy (non-hydrogen) atoms. The molecule has 1 aromatic carbocycles. The first-order chi connectivity index (χ1) is 13.1. The Labute approximate surface area is 162 Å². The third-order valence-corrected chi connectivity index (χ3v) is 8.58. The first-order valence-corrected chi connectivity index (χ1v) is 11.6. The fourth-order valence-corrected chi connectivity index (χ4v) is 6.49. The van der Waals surface area contributed by atoms with Crippen molar-refractivity contribution in [3.63, 3.8) is 0 Å². The summed E-state index contributed by atoms with van der Waals surface area (Å²) in [6, 6.07) is 9.04. The summed E-state index contributed by atoms with van der Waals surface area (Å²) < 4.78 is 28.0. The van der Waals surface area contributed by atoms with Crippen LogP contribution < -0.4 is 0 Å². The molecule has 2 aromatic heterocycles. The summed E-state index contributed by atoms with van der Waals surface area (Å²) in [6.45, 7) is 1.02. The van der Waals surface area contributed by atoms with Crippen LogP contribution in [0, 0.1) is 0 Å². The van der Waals surface area contributed by atoms with Gasteiger partial charge in [0.25, 0.3) is 0 Å². The second-order valence-electron chi connectivity index (χ2n) is 7.26. The van der Waals surface area contributed by atoms with Crippen LogP contribution in [0.1, 0.15) is 47.5 Å². The Bertz CT molecular complexity index is 1080. The van der Waals surface area contributed by atoms with Crippen molar-refractivity contribution in [1.82, 2.24) is 19.5 Å². The van der Waals surface area contributed by atoms with Gasteiger partial charge in [-0.05, 0) is 37.8 Å². The number of benzene rings is 1. The standard InChI is InChI=1S/C19H20N4O2S2/c24-27(25,16-5-1-3-13-4-2-10-20-17(13)16)23-11-8-15(9-12-23)19-22-21-18(26-19)14-6-7-14/h1-5,10,14-15H,6-9,11-12H2. The zero-order valence-corrected chi connectivity index (χ0v) is 16.4. The zero-order valence-electron chi connectivity index (χ0n) is 14.8. The molecule has 140 valence electrons. The normalized spacial score (nSPS) is 19.6. The number of piperidine rings is 1. The quantitative estimate of drug-likeness (QED) is 0.670. The van der Waals surface area contributed by atoms with Crippen molar-refractivity contribution in [2.75, 3.05) is 13.1 Å². The molecule has 5 rings (SSSR count). The molecule has 1 saturated heterocycles. The van der Waals surface area contributed by atoms with E-state index in [1.165, 1.54) is 12.8 Å². The van der Waals surface area contributed by atoms with Gasteiger partial charge in [0.05, 0.1) is 5.52 Å². The van der Waals surface area contributed by atoms with Crippen LogP contribution in [0.15, 0.2) is 41.4 Å². The molecule has 3 aromatic rings. The van der Waals surface area contributed by atoms with E-state index >= 15 is 0 Å². The number of pyridine rings is 1. The van der Waals surface area contributed by atoms with Crippen LogP contribution in [0.3, 0.4) is 0 Å². The predicted octanol–water partition coefficient (Wildman–Crippen LogP) is 3.53. The maximum atomic E-state index is 13.2. The molecule has 0 unspecified atom stereocenters. The van der Waals surface area contributed by atoms with Gasteiger partial charge in [-0.15, -0.1) is 21.5 Å². The highest BCUT2D eigenvalue weighted by Gasteiger charge is 2.34. The molecule has 1 saturated carbocycles. The number of fused-ring (bicyclic) bond motifs is 1. The maximum Gasteiger partial charge on any atom is 0.245 e. The Morgan fingerprint density at radius 2 is 1.59 bits per heavy atom. The van der Waals surface area contributed by atoms with Crippen LogP contribution in [0.25, 0.3) is 10.9 Å². The average Bonchev–Trinajstić information content (AvgIpc) is 3.44. The second-order valence-corrected chi connectivity index (χ2v) is 10.2. The van der Waals surface area contributed by atoms with Crippen LogP contribution in [0.4, 0.5) is 0 Å². The van der Waals surface area contributed by atoms with Crippen molar-refractivity contribution in [2.45, 2.75) is 42.4 Å². The number of hydrogen-bond acceptors (Lipinski definition) is 6. The fourth-order valence-electron chi connectivity index (χ4n) is 3.67. The highest BCUT2D eigenvalue weighted by atomic mass is 32.2. The topological polar surface area (TPSA) is 76.1 Å². The molecule has 0 amide bonds. The highest BCUT2D eigenvalue weighted by Crippen LogP contribution is 2.43. The van der Waals surface area contributed by atoms with Gasteiger partial charge in [0.1, 0.15) is 14.9 Å². The number of rotatable bonds is 4. The minimum Gasteiger partial charge on any atom is -0.255 e. The van der Waals surface area contributed by atoms with Gasteiger partial charge in [-0.25, -0.2) is 8.42 Å². The molecule has 1 aliphatic heterocycles. The summed E-state index contributed by atoms with van der Waals surface area (Å²) in [4.78, 5) is 4.60. The van der Waals surface area contributed by atoms with E-state index < -0.39 is 10.0 Å². The van der Waals surface area contributed by atoms with Crippen molar-refractivity contribution in [3.8, 4) is 0 Å². The maximum absolute atomic E-state index is 13.2. The molecule has 3 heterocycles. The molecule has 2 fully saturated rings. The summed E-state index contributed by atoms with van der Waals surface area (Å²) >= 11 is 1.72. The molecule has 0 bridgehead atoms. The number of para-hydroxylation sites is 1. The number of hydrogen-bond donors (Lipinski definition) is 0. The second kappa shape index (κ2) is 6.61. The first kappa shape index (κ1) is 17.2. The predicted molar refractivity (Wildman–Crippen MR) is 104 cm³/mol. The van der Waals surface area contributed by atoms with Gasteiger partial charge in [0.2, 0.25) is 10.0 Å². The summed E-state index contributed by atoms with van der Waals surface area (Å²) in [5.41, 5.74) is 0.542. The molecular weight excluding hydrogens is 380 g/mol. The van der Waals surface area contributed by atoms with Crippen molar-refractivity contribution >= 4 is 32.3 Å². The number of nitrogens with zero attached hydrogens (tertiary/aromatic N) is 4. The van der Waals surface area contributed by atoms with Gasteiger partial charge in [0.15, 0.2) is 0 Å². The van der Waals surface area contributed by atoms with Gasteiger partial charge < -0.3 is 0 Å². The molecule has 0 spiro atoms. The van der Waals surface area contributed by atoms with E-state index in [0.717, 1.165) is 28.2 Å². The summed E-state index contributed by atoms with van der Waals surface area (Å²) in [7, 11) is -3.55. The molecule has 0 radical (unpaired) electrons. The summed E-state index contributed by atoms with van der Waals surface area (Å²) in [5, 5.41) is 11.8. The highest BCUT2D eigenvalue weighted by molar-refractivity contribution is 7.89. The molecular formula is C19H20N4O2S2. The van der Waals surface area contributed by atoms with Crippen molar-refractivity contribution in [2.24, 2.45) is 0 Å². The van der Waals surface area contributed by atoms with Crippen LogP contribution in [0.5, 0.6) is 0 Å². The van der Waals surface area contributed by atoms with Gasteiger partial charge >= 0.3 is 0 Å². The van der Waals surface area contributed by atoms with Crippen molar-refractivity contribution < 1.29 is 8.42 Å². The monoisotopic (exact) mass is 400 g/mol. The molecule has 2 aliphatic rings. The van der Waals surface area contributed by atoms with Gasteiger partial charge in [-0.3, -0.25) is 4.98 Å². The van der Waals surface area contributed by atoms with E-state index in [1.54, 1.807) is 34.0 Å². The third-order valence-electron chi connectivity index (χ3n) is 5.40. The van der Waals surface area contributed by atoms with E-state index in [2.05, 4.69) is 15.2 Å². The van der Waals surface area contributed by atoms with Gasteiger partial charge in [-0.2, -0.15) is 4.31 Å². The zero-order chi connectivity index (χ0) is 18.4. The van der Waals surface area contributed by atoms with Crippen LogP contribution >= 0.6 is 11.3 Å². The van der Waals surface area contributed by atoms with Crippen LogP contribution in [0.2, 0.25) is 0 Å². The average molecular weight is 401 g/mol. The Morgan fingerprint density at radius 1 is 0.926 bits per heavy atom. The molecule has 6 nitrogen and oxygen atoms in total. The third kappa shape index (κ3) is 3.15. The van der Waals surface area contributed by atoms with Crippen molar-refractivity contribution in [1.29, 1.82) is 0 Å². The van der Waals surface area contributed by atoms with E-state index in [-0.39, 0.29) is 0 Å². The lowest BCUT2D eigenvalue weighted by molar-refractivity contribution is 0.318. The first-order valence-electron chi connectivity index (χ1n) is 9.30. The molecule has 8 heteroatoms. The summed E-state index contributed by atoms with van der Waals surface area (Å²) in [5.74, 6) is 0.933. The van der Waals surface area contributed by atoms with E-state index in [4.69, 9.17) is 0 Å². The minimum atomic E-state index is -3.55. The molecule has 0 N–H and O–H groups in total. The molecule has 0 atom stereocenters. The van der Waals surface area contributed by atoms with Crippen LogP contribution in [-0.2, 0) is 10.0 Å². The van der Waals surface area contributed by atoms with Crippen LogP contribution in [-0.4, -0.2) is 41.0 Å². The number of aromatic nitrogens is 3. The number of sulfonamides is 1. The van der Waals surface area contributed by atoms with Gasteiger partial charge in [-0.1, -0.05) is 18.2 Å². The molecule has 1 aliphatic carbocycles. The lowest BCUT2D eigenvalue weighted by atomic mass is 9.99. The van der Waals surface area contributed by atoms with E-state index in [9.17, 15) is 8.42 Å². The lowest BCUT2D eigenvalue weighted by Crippen LogP contribution is -2.38. The Hall–Kier alpha value is -1.90. The minimum absolute atomic E-state index is 0.297. The SMILES string of the molecule is O=S(=O)(c1cccc2cccnc12)N1CCC(c2nnc(C3CC3)s2)CC1. The largest absolute Gasteiger partial charge is 0.255 e. The lowest BCUT2D eigenvalue weighted by Gasteiger charge is -2.30. The Morgan fingerprint density at radius 3 is 2.30 bits per heavy atom.